The molecule has 15 nitrogen and oxygen atoms in total. The predicted molar refractivity (Wildman–Crippen MR) is 146 cm³/mol. The van der Waals surface area contributed by atoms with E-state index in [1.807, 2.05) is 0 Å². The van der Waals surface area contributed by atoms with E-state index in [0.717, 1.165) is 36.4 Å². The van der Waals surface area contributed by atoms with Gasteiger partial charge in [-0.25, -0.2) is 14.4 Å². The van der Waals surface area contributed by atoms with Crippen molar-refractivity contribution >= 4 is 42.0 Å². The summed E-state index contributed by atoms with van der Waals surface area (Å²) in [6, 6.07) is 7.29. The van der Waals surface area contributed by atoms with Crippen molar-refractivity contribution in [3.8, 4) is 23.0 Å². The normalized spacial score (nSPS) is 21.5. The van der Waals surface area contributed by atoms with Gasteiger partial charge in [-0.05, 0) is 47.5 Å². The summed E-state index contributed by atoms with van der Waals surface area (Å²) in [7, 11) is 0. The summed E-state index contributed by atoms with van der Waals surface area (Å²) in [6.45, 7) is 0. The van der Waals surface area contributed by atoms with Crippen molar-refractivity contribution in [3.63, 3.8) is 0 Å². The molecule has 0 saturated heterocycles. The van der Waals surface area contributed by atoms with Crippen LogP contribution in [0.1, 0.15) is 36.8 Å². The number of esters is 3. The lowest BCUT2D eigenvalue weighted by Gasteiger charge is -2.42. The average Bonchev–Trinajstić information content (AvgIpc) is 2.95. The van der Waals surface area contributed by atoms with Crippen LogP contribution < -0.4 is 0 Å². The summed E-state index contributed by atoms with van der Waals surface area (Å²) in [5.41, 5.74) is -1.97. The van der Waals surface area contributed by atoms with Gasteiger partial charge in [0, 0.05) is 25.0 Å². The van der Waals surface area contributed by atoms with Crippen LogP contribution in [0.5, 0.6) is 23.0 Å². The van der Waals surface area contributed by atoms with E-state index < -0.39 is 102 Å². The number of carboxylic acid groups (broad SMARTS) is 2. The highest BCUT2D eigenvalue weighted by Gasteiger charge is 2.56. The third-order valence-corrected chi connectivity index (χ3v) is 6.40. The Balaban J connectivity index is 1.85. The van der Waals surface area contributed by atoms with Crippen LogP contribution in [0.15, 0.2) is 48.6 Å². The molecule has 0 aliphatic heterocycles. The van der Waals surface area contributed by atoms with Gasteiger partial charge in [0.15, 0.2) is 29.1 Å². The van der Waals surface area contributed by atoms with Crippen LogP contribution in [0.25, 0.3) is 12.2 Å². The van der Waals surface area contributed by atoms with Gasteiger partial charge in [0.25, 0.3) is 0 Å². The molecule has 7 N–H and O–H groups in total. The number of carboxylic acids is 2. The molecule has 1 aliphatic rings. The first-order valence-corrected chi connectivity index (χ1v) is 12.9. The fourth-order valence-corrected chi connectivity index (χ4v) is 4.25. The lowest BCUT2D eigenvalue weighted by Crippen LogP contribution is -2.59. The summed E-state index contributed by atoms with van der Waals surface area (Å²) >= 11 is 0. The molecule has 0 amide bonds. The smallest absolute Gasteiger partial charge is 0.348 e. The minimum atomic E-state index is -2.49. The van der Waals surface area contributed by atoms with E-state index in [1.54, 1.807) is 0 Å². The van der Waals surface area contributed by atoms with Gasteiger partial charge in [-0.1, -0.05) is 12.1 Å². The van der Waals surface area contributed by atoms with Crippen LogP contribution in [-0.4, -0.2) is 89.5 Å². The first kappa shape index (κ1) is 32.9. The van der Waals surface area contributed by atoms with Crippen LogP contribution in [0.2, 0.25) is 0 Å². The van der Waals surface area contributed by atoms with Crippen LogP contribution in [0.4, 0.5) is 0 Å². The molecule has 2 aromatic carbocycles. The fraction of sp³-hybridized carbons (Fsp3) is 0.276. The number of aliphatic carboxylic acids is 2. The number of carbonyl (C=O) groups excluding carboxylic acids is 3. The van der Waals surface area contributed by atoms with E-state index in [2.05, 4.69) is 0 Å². The Morgan fingerprint density at radius 1 is 0.750 bits per heavy atom. The molecule has 0 aromatic heterocycles. The van der Waals surface area contributed by atoms with Crippen molar-refractivity contribution in [2.75, 3.05) is 0 Å². The summed E-state index contributed by atoms with van der Waals surface area (Å²) in [6.07, 6.45) is -4.09. The van der Waals surface area contributed by atoms with Gasteiger partial charge in [0.2, 0.25) is 5.60 Å². The van der Waals surface area contributed by atoms with Crippen molar-refractivity contribution in [1.82, 2.24) is 0 Å². The van der Waals surface area contributed by atoms with Crippen LogP contribution in [-0.2, 0) is 38.2 Å². The van der Waals surface area contributed by atoms with Crippen LogP contribution >= 0.6 is 0 Å². The van der Waals surface area contributed by atoms with Gasteiger partial charge in [-0.3, -0.25) is 9.59 Å². The number of phenols is 4. The maximum absolute atomic E-state index is 12.7. The Labute approximate surface area is 248 Å². The maximum Gasteiger partial charge on any atom is 0.348 e. The quantitative estimate of drug-likeness (QED) is 0.0816. The Morgan fingerprint density at radius 3 is 1.75 bits per heavy atom. The Morgan fingerprint density at radius 2 is 1.27 bits per heavy atom. The Hall–Kier alpha value is -5.57. The lowest BCUT2D eigenvalue weighted by molar-refractivity contribution is -0.215. The highest BCUT2D eigenvalue weighted by molar-refractivity contribution is 5.89. The molecule has 234 valence electrons. The number of aliphatic hydroxyl groups is 1. The van der Waals surface area contributed by atoms with Gasteiger partial charge in [0.1, 0.15) is 6.10 Å². The minimum absolute atomic E-state index is 0.251. The SMILES string of the molecule is O=C(O)CCC(=O)O[C@@]1(C(=O)O)C[C@@H](O)[C@@H](OC(=O)/C=C/c2ccc(O)c(O)c2)[C@H](OC(=O)/C=C/c2ccc(O)c(O)c2)C1. The number of hydrogen-bond acceptors (Lipinski definition) is 13. The number of aliphatic hydroxyl groups excluding tert-OH is 1. The molecular weight excluding hydrogens is 588 g/mol. The third-order valence-electron chi connectivity index (χ3n) is 6.40. The number of carbonyl (C=O) groups is 5. The molecular formula is C29H28O15. The van der Waals surface area contributed by atoms with Gasteiger partial charge >= 0.3 is 29.8 Å². The van der Waals surface area contributed by atoms with Crippen molar-refractivity contribution in [2.24, 2.45) is 0 Å². The zero-order valence-electron chi connectivity index (χ0n) is 22.7. The predicted octanol–water partition coefficient (Wildman–Crippen LogP) is 1.45. The molecule has 3 rings (SSSR count). The average molecular weight is 617 g/mol. The molecule has 1 aliphatic carbocycles. The number of ether oxygens (including phenoxy) is 3. The number of phenolic OH excluding ortho intramolecular Hbond substituents is 4. The minimum Gasteiger partial charge on any atom is -0.504 e. The highest BCUT2D eigenvalue weighted by Crippen LogP contribution is 2.37. The zero-order chi connectivity index (χ0) is 32.6. The topological polar surface area (TPSA) is 255 Å². The Kier molecular flexibility index (Phi) is 10.5. The second-order valence-corrected chi connectivity index (χ2v) is 9.68. The molecule has 0 heterocycles. The second kappa shape index (κ2) is 14.1. The summed E-state index contributed by atoms with van der Waals surface area (Å²) in [4.78, 5) is 60.7. The molecule has 1 saturated carbocycles. The first-order chi connectivity index (χ1) is 20.7. The van der Waals surface area contributed by atoms with Crippen LogP contribution in [0, 0.1) is 0 Å². The summed E-state index contributed by atoms with van der Waals surface area (Å²) in [5.74, 6) is -8.27. The highest BCUT2D eigenvalue weighted by atomic mass is 16.6. The number of aromatic hydroxyl groups is 4. The molecule has 1 fully saturated rings. The van der Waals surface area contributed by atoms with Gasteiger partial charge in [0.05, 0.1) is 18.9 Å². The number of rotatable bonds is 11. The standard InChI is InChI=1S/C29H28O15/c30-17-5-1-15(11-19(17)32)3-8-24(37)42-22-14-29(28(40)41,44-26(39)10-7-23(35)36)13-21(34)27(22)43-25(38)9-4-16-2-6-18(31)20(33)12-16/h1-6,8-9,11-12,21-22,27,30-34H,7,10,13-14H2,(H,35,36)(H,40,41)/b8-3+,9-4+/t21-,22-,27-,29+/m1/s1. The second-order valence-electron chi connectivity index (χ2n) is 9.68. The molecule has 0 spiro atoms. The number of benzene rings is 2. The molecule has 2 aromatic rings. The monoisotopic (exact) mass is 616 g/mol. The third kappa shape index (κ3) is 8.72. The lowest BCUT2D eigenvalue weighted by atomic mass is 9.79. The zero-order valence-corrected chi connectivity index (χ0v) is 22.7. The molecule has 4 atom stereocenters. The van der Waals surface area contributed by atoms with E-state index >= 15 is 0 Å². The fourth-order valence-electron chi connectivity index (χ4n) is 4.25. The van der Waals surface area contributed by atoms with E-state index in [0.29, 0.717) is 0 Å². The van der Waals surface area contributed by atoms with Crippen molar-refractivity contribution in [2.45, 2.75) is 49.6 Å². The molecule has 15 heteroatoms. The molecule has 44 heavy (non-hydrogen) atoms. The summed E-state index contributed by atoms with van der Waals surface area (Å²) in [5, 5.41) is 67.7. The van der Waals surface area contributed by atoms with Gasteiger partial charge in [-0.15, -0.1) is 0 Å². The maximum atomic E-state index is 12.7. The van der Waals surface area contributed by atoms with Gasteiger partial charge < -0.3 is 50.0 Å². The molecule has 0 unspecified atom stereocenters. The summed E-state index contributed by atoms with van der Waals surface area (Å²) < 4.78 is 15.7. The van der Waals surface area contributed by atoms with E-state index in [4.69, 9.17) is 19.3 Å². The van der Waals surface area contributed by atoms with E-state index in [1.165, 1.54) is 24.3 Å². The Bertz CT molecular complexity index is 1490. The van der Waals surface area contributed by atoms with Crippen molar-refractivity contribution < 1.29 is 73.9 Å². The van der Waals surface area contributed by atoms with Crippen molar-refractivity contribution in [3.05, 3.63) is 59.7 Å². The van der Waals surface area contributed by atoms with Crippen molar-refractivity contribution in [1.29, 1.82) is 0 Å². The van der Waals surface area contributed by atoms with Crippen LogP contribution in [0.3, 0.4) is 0 Å². The number of hydrogen-bond donors (Lipinski definition) is 7. The molecule has 0 radical (unpaired) electrons. The largest absolute Gasteiger partial charge is 0.504 e. The van der Waals surface area contributed by atoms with Gasteiger partial charge in [-0.2, -0.15) is 0 Å². The molecule has 0 bridgehead atoms. The first-order valence-electron chi connectivity index (χ1n) is 12.9. The van der Waals surface area contributed by atoms with E-state index in [-0.39, 0.29) is 11.1 Å². The van der Waals surface area contributed by atoms with E-state index in [9.17, 15) is 54.6 Å².